The van der Waals surface area contributed by atoms with Crippen LogP contribution < -0.4 is 11.1 Å². The van der Waals surface area contributed by atoms with E-state index in [1.807, 2.05) is 0 Å². The Bertz CT molecular complexity index is 1310. The molecule has 1 saturated heterocycles. The fraction of sp³-hybridized carbons (Fsp3) is 0.235. The van der Waals surface area contributed by atoms with E-state index < -0.39 is 57.4 Å². The number of rotatable bonds is 9. The summed E-state index contributed by atoms with van der Waals surface area (Å²) in [6.07, 6.45) is 0. The zero-order valence-corrected chi connectivity index (χ0v) is 19.2. The first-order valence-electron chi connectivity index (χ1n) is 9.28. The maximum atomic E-state index is 12.7. The Morgan fingerprint density at radius 1 is 1.37 bits per heavy atom. The van der Waals surface area contributed by atoms with Crippen LogP contribution in [-0.4, -0.2) is 69.9 Å². The van der Waals surface area contributed by atoms with Gasteiger partial charge in [0.05, 0.1) is 4.92 Å². The second-order valence-corrected chi connectivity index (χ2v) is 8.91. The van der Waals surface area contributed by atoms with Gasteiger partial charge in [-0.2, -0.15) is 12.7 Å². The molecule has 1 fully saturated rings. The fourth-order valence-corrected chi connectivity index (χ4v) is 4.33. The Balaban J connectivity index is 1.78. The summed E-state index contributed by atoms with van der Waals surface area (Å²) in [4.78, 5) is 56.2. The van der Waals surface area contributed by atoms with Crippen LogP contribution in [0, 0.1) is 10.1 Å². The molecule has 0 radical (unpaired) electrons. The van der Waals surface area contributed by atoms with Crippen LogP contribution in [0.4, 0.5) is 10.8 Å². The lowest BCUT2D eigenvalue weighted by molar-refractivity contribution is -0.384. The molecule has 0 spiro atoms. The maximum Gasteiger partial charge on any atom is 0.363 e. The molecular formula is C17H16N6O10S2. The van der Waals surface area contributed by atoms with Gasteiger partial charge in [0, 0.05) is 17.5 Å². The predicted octanol–water partition coefficient (Wildman–Crippen LogP) is -0.774. The largest absolute Gasteiger partial charge is 0.459 e. The minimum atomic E-state index is -5.18. The predicted molar refractivity (Wildman–Crippen MR) is 117 cm³/mol. The molecule has 1 aromatic carbocycles. The molecule has 4 N–H and O–H groups in total. The molecule has 2 heterocycles. The zero-order valence-electron chi connectivity index (χ0n) is 17.6. The van der Waals surface area contributed by atoms with Gasteiger partial charge in [0.2, 0.25) is 0 Å². The van der Waals surface area contributed by atoms with Gasteiger partial charge in [0.1, 0.15) is 25.5 Å². The number of hydrogen-bond donors (Lipinski definition) is 3. The Morgan fingerprint density at radius 3 is 2.54 bits per heavy atom. The number of nitrogen functional groups attached to an aromatic ring is 1. The van der Waals surface area contributed by atoms with Crippen molar-refractivity contribution in [2.45, 2.75) is 18.7 Å². The number of non-ortho nitro benzene ring substituents is 1. The number of hydrogen-bond acceptors (Lipinski definition) is 13. The van der Waals surface area contributed by atoms with Crippen molar-refractivity contribution in [2.24, 2.45) is 5.16 Å². The molecule has 18 heteroatoms. The van der Waals surface area contributed by atoms with E-state index in [1.165, 1.54) is 17.5 Å². The van der Waals surface area contributed by atoms with E-state index in [4.69, 9.17) is 10.5 Å². The number of anilines is 1. The van der Waals surface area contributed by atoms with Crippen molar-refractivity contribution < 1.29 is 41.9 Å². The average molecular weight is 528 g/mol. The van der Waals surface area contributed by atoms with Crippen LogP contribution in [0.1, 0.15) is 11.3 Å². The maximum absolute atomic E-state index is 12.7. The van der Waals surface area contributed by atoms with Crippen LogP contribution in [-0.2, 0) is 40.9 Å². The van der Waals surface area contributed by atoms with Gasteiger partial charge in [-0.15, -0.1) is 11.3 Å². The average Bonchev–Trinajstić information content (AvgIpc) is 3.22. The number of nitro benzene ring substituents is 1. The summed E-state index contributed by atoms with van der Waals surface area (Å²) in [7, 11) is -4.05. The molecule has 1 aliphatic heterocycles. The molecule has 1 aliphatic rings. The molecule has 2 aromatic rings. The topological polar surface area (TPSA) is 234 Å². The normalized spacial score (nSPS) is 17.9. The van der Waals surface area contributed by atoms with Crippen molar-refractivity contribution in [3.8, 4) is 0 Å². The number of benzene rings is 1. The molecule has 1 aromatic heterocycles. The quantitative estimate of drug-likeness (QED) is 0.0908. The van der Waals surface area contributed by atoms with E-state index in [2.05, 4.69) is 20.3 Å². The molecular weight excluding hydrogens is 512 g/mol. The van der Waals surface area contributed by atoms with Crippen molar-refractivity contribution in [3.05, 3.63) is 51.0 Å². The summed E-state index contributed by atoms with van der Waals surface area (Å²) in [5, 5.41) is 17.8. The third kappa shape index (κ3) is 5.50. The Kier molecular flexibility index (Phi) is 7.27. The smallest absolute Gasteiger partial charge is 0.363 e. The molecule has 2 amide bonds. The molecule has 0 aliphatic carbocycles. The first-order chi connectivity index (χ1) is 16.4. The lowest BCUT2D eigenvalue weighted by Gasteiger charge is -2.42. The van der Waals surface area contributed by atoms with E-state index in [-0.39, 0.29) is 20.8 Å². The summed E-state index contributed by atoms with van der Waals surface area (Å²) >= 11 is 0.983. The number of aromatic nitrogens is 1. The number of nitro groups is 1. The number of esters is 1. The summed E-state index contributed by atoms with van der Waals surface area (Å²) in [6.45, 7) is -0.448. The Morgan fingerprint density at radius 2 is 2.03 bits per heavy atom. The van der Waals surface area contributed by atoms with E-state index in [1.54, 1.807) is 0 Å². The minimum Gasteiger partial charge on any atom is -0.459 e. The first-order valence-corrected chi connectivity index (χ1v) is 11.6. The Labute approximate surface area is 200 Å². The van der Waals surface area contributed by atoms with Crippen molar-refractivity contribution in [3.63, 3.8) is 0 Å². The van der Waals surface area contributed by atoms with Gasteiger partial charge in [-0.1, -0.05) is 5.16 Å². The van der Waals surface area contributed by atoms with Gasteiger partial charge in [-0.25, -0.2) is 9.78 Å². The summed E-state index contributed by atoms with van der Waals surface area (Å²) in [5.41, 5.74) is 5.21. The van der Waals surface area contributed by atoms with E-state index in [0.717, 1.165) is 30.6 Å². The first kappa shape index (κ1) is 25.5. The van der Waals surface area contributed by atoms with Gasteiger partial charge < -0.3 is 20.6 Å². The minimum absolute atomic E-state index is 0.0115. The number of amides is 2. The monoisotopic (exact) mass is 528 g/mol. The second kappa shape index (κ2) is 9.99. The van der Waals surface area contributed by atoms with E-state index in [9.17, 15) is 37.5 Å². The lowest BCUT2D eigenvalue weighted by Crippen LogP contribution is -2.74. The molecule has 0 bridgehead atoms. The highest BCUT2D eigenvalue weighted by molar-refractivity contribution is 7.84. The third-order valence-electron chi connectivity index (χ3n) is 4.52. The number of oxime groups is 1. The van der Waals surface area contributed by atoms with Crippen molar-refractivity contribution in [2.75, 3.05) is 12.8 Å². The highest BCUT2D eigenvalue weighted by atomic mass is 32.2. The lowest BCUT2D eigenvalue weighted by atomic mass is 9.98. The van der Waals surface area contributed by atoms with Crippen LogP contribution in [0.15, 0.2) is 34.8 Å². The summed E-state index contributed by atoms with van der Waals surface area (Å²) in [6, 6.07) is 1.22. The standard InChI is InChI=1S/C17H16N6O10S2/c1-32-21-11(10-7-34-17(18)19-10)14(24)20-12-13(22(15(12)25)35(29,30)31)16(26)33-6-8-2-4-9(5-3-8)23(27)28/h2-5,7,12-13H,6H2,1H3,(H2,18,19)(H,20,24)(H,29,30,31)/b21-11-. The number of β-lactam (4-membered cyclic amide) rings is 1. The molecule has 186 valence electrons. The number of nitrogens with zero attached hydrogens (tertiary/aromatic N) is 4. The number of ether oxygens (including phenoxy) is 1. The second-order valence-electron chi connectivity index (χ2n) is 6.73. The number of nitrogens with two attached hydrogens (primary N) is 1. The molecule has 16 nitrogen and oxygen atoms in total. The number of thiazole rings is 1. The summed E-state index contributed by atoms with van der Waals surface area (Å²) in [5.74, 6) is -3.65. The van der Waals surface area contributed by atoms with Gasteiger partial charge >= 0.3 is 16.3 Å². The van der Waals surface area contributed by atoms with Gasteiger partial charge in [0.25, 0.3) is 17.5 Å². The third-order valence-corrected chi connectivity index (χ3v) is 6.10. The van der Waals surface area contributed by atoms with Crippen molar-refractivity contribution in [1.29, 1.82) is 0 Å². The van der Waals surface area contributed by atoms with Crippen molar-refractivity contribution >= 4 is 56.0 Å². The van der Waals surface area contributed by atoms with E-state index in [0.29, 0.717) is 5.56 Å². The van der Waals surface area contributed by atoms with Crippen LogP contribution in [0.2, 0.25) is 0 Å². The molecule has 35 heavy (non-hydrogen) atoms. The highest BCUT2D eigenvalue weighted by Crippen LogP contribution is 2.26. The molecule has 2 unspecified atom stereocenters. The number of carbonyl (C=O) groups is 3. The van der Waals surface area contributed by atoms with Gasteiger partial charge in [0.15, 0.2) is 16.9 Å². The molecule has 0 saturated carbocycles. The SMILES string of the molecule is CO/N=C(\C(=O)NC1C(=O)N(S(=O)(=O)O)C1C(=O)OCc1ccc([N+](=O)[O-])cc1)c1csc(N)n1. The van der Waals surface area contributed by atoms with E-state index >= 15 is 0 Å². The zero-order chi connectivity index (χ0) is 25.9. The number of carbonyl (C=O) groups excluding carboxylic acids is 3. The van der Waals surface area contributed by atoms with Crippen LogP contribution in [0.3, 0.4) is 0 Å². The highest BCUT2D eigenvalue weighted by Gasteiger charge is 2.59. The number of nitrogens with one attached hydrogen (secondary N) is 1. The van der Waals surface area contributed by atoms with Crippen LogP contribution >= 0.6 is 11.3 Å². The molecule has 2 atom stereocenters. The Hall–Kier alpha value is -4.16. The van der Waals surface area contributed by atoms with Crippen LogP contribution in [0.5, 0.6) is 0 Å². The molecule has 3 rings (SSSR count). The van der Waals surface area contributed by atoms with Crippen molar-refractivity contribution in [1.82, 2.24) is 14.6 Å². The van der Waals surface area contributed by atoms with Gasteiger partial charge in [-0.05, 0) is 17.7 Å². The summed E-state index contributed by atoms with van der Waals surface area (Å²) < 4.78 is 37.4. The van der Waals surface area contributed by atoms with Crippen LogP contribution in [0.25, 0.3) is 0 Å². The fourth-order valence-electron chi connectivity index (χ4n) is 2.95. The van der Waals surface area contributed by atoms with Gasteiger partial charge in [-0.3, -0.25) is 24.3 Å².